The van der Waals surface area contributed by atoms with Crippen LogP contribution in [0.15, 0.2) is 41.1 Å². The van der Waals surface area contributed by atoms with Gasteiger partial charge in [-0.3, -0.25) is 0 Å². The van der Waals surface area contributed by atoms with Gasteiger partial charge in [0.1, 0.15) is 12.4 Å². The summed E-state index contributed by atoms with van der Waals surface area (Å²) in [6, 6.07) is 6.08. The van der Waals surface area contributed by atoms with Crippen LogP contribution < -0.4 is 10.5 Å². The Bertz CT molecular complexity index is 523. The maximum atomic E-state index is 12.3. The molecule has 0 bridgehead atoms. The molecule has 0 atom stereocenters. The van der Waals surface area contributed by atoms with Gasteiger partial charge in [-0.1, -0.05) is 6.92 Å². The predicted molar refractivity (Wildman–Crippen MR) is 72.5 cm³/mol. The summed E-state index contributed by atoms with van der Waals surface area (Å²) in [6.45, 7) is 1.94. The Morgan fingerprint density at radius 2 is 2.00 bits per heavy atom. The molecule has 2 N–H and O–H groups in total. The van der Waals surface area contributed by atoms with Crippen LogP contribution in [-0.2, 0) is 9.84 Å². The van der Waals surface area contributed by atoms with Gasteiger partial charge in [-0.05, 0) is 30.7 Å². The summed E-state index contributed by atoms with van der Waals surface area (Å²) in [7, 11) is -3.21. The fraction of sp³-hybridized carbons (Fsp3) is 0.385. The molecule has 0 aliphatic rings. The van der Waals surface area contributed by atoms with E-state index in [1.54, 1.807) is 12.1 Å². The minimum absolute atomic E-state index is 0.0497. The molecule has 0 spiro atoms. The number of hydrogen-bond donors (Lipinski definition) is 1. The summed E-state index contributed by atoms with van der Waals surface area (Å²) in [4.78, 5) is 0.266. The highest BCUT2D eigenvalue weighted by Gasteiger charge is 2.12. The maximum absolute atomic E-state index is 12.3. The van der Waals surface area contributed by atoms with E-state index in [9.17, 15) is 12.8 Å². The summed E-state index contributed by atoms with van der Waals surface area (Å²) in [5.41, 5.74) is 5.63. The summed E-state index contributed by atoms with van der Waals surface area (Å²) in [6.07, 6.45) is 0.988. The van der Waals surface area contributed by atoms with Crippen molar-refractivity contribution in [2.75, 3.05) is 18.9 Å². The quantitative estimate of drug-likeness (QED) is 0.833. The van der Waals surface area contributed by atoms with Crippen molar-refractivity contribution in [1.82, 2.24) is 0 Å². The lowest BCUT2D eigenvalue weighted by Gasteiger charge is -2.08. The Kier molecular flexibility index (Phi) is 5.98. The van der Waals surface area contributed by atoms with Crippen LogP contribution in [0.5, 0.6) is 5.75 Å². The molecule has 1 aromatic rings. The fourth-order valence-electron chi connectivity index (χ4n) is 1.44. The van der Waals surface area contributed by atoms with Crippen molar-refractivity contribution in [1.29, 1.82) is 0 Å². The molecule has 106 valence electrons. The van der Waals surface area contributed by atoms with Crippen molar-refractivity contribution in [2.45, 2.75) is 18.2 Å². The molecule has 0 aromatic heterocycles. The van der Waals surface area contributed by atoms with E-state index >= 15 is 0 Å². The van der Waals surface area contributed by atoms with E-state index in [0.29, 0.717) is 24.1 Å². The predicted octanol–water partition coefficient (Wildman–Crippen LogP) is 2.06. The van der Waals surface area contributed by atoms with Crippen LogP contribution in [0.3, 0.4) is 0 Å². The average molecular weight is 287 g/mol. The van der Waals surface area contributed by atoms with Gasteiger partial charge in [0.2, 0.25) is 0 Å². The molecular formula is C13H18FNO3S. The van der Waals surface area contributed by atoms with E-state index in [2.05, 4.69) is 0 Å². The summed E-state index contributed by atoms with van der Waals surface area (Å²) >= 11 is 0. The van der Waals surface area contributed by atoms with Crippen LogP contribution in [0.1, 0.15) is 13.3 Å². The third-order valence-corrected chi connectivity index (χ3v) is 4.43. The first-order valence-electron chi connectivity index (χ1n) is 5.97. The molecule has 0 heterocycles. The maximum Gasteiger partial charge on any atom is 0.178 e. The number of ether oxygens (including phenoxy) is 1. The Labute approximate surface area is 113 Å². The van der Waals surface area contributed by atoms with Gasteiger partial charge in [-0.25, -0.2) is 12.8 Å². The second-order valence-electron chi connectivity index (χ2n) is 4.05. The molecule has 6 heteroatoms. The standard InChI is InChI=1S/C13H18FNO3S/c1-2-7-19(16,17)13-5-3-12(4-6-13)18-10-11(8-14)9-15/h3-6,8H,2,7,9-10,15H2,1H3/b11-8+. The molecular weight excluding hydrogens is 269 g/mol. The minimum Gasteiger partial charge on any atom is -0.489 e. The normalized spacial score (nSPS) is 12.5. The SMILES string of the molecule is CCCS(=O)(=O)c1ccc(OC/C(=C/F)CN)cc1. The van der Waals surface area contributed by atoms with E-state index in [4.69, 9.17) is 10.5 Å². The molecule has 1 rings (SSSR count). The molecule has 1 aromatic carbocycles. The minimum atomic E-state index is -3.21. The Hall–Kier alpha value is -1.40. The van der Waals surface area contributed by atoms with Gasteiger partial charge in [-0.2, -0.15) is 0 Å². The second kappa shape index (κ2) is 7.25. The molecule has 19 heavy (non-hydrogen) atoms. The van der Waals surface area contributed by atoms with Crippen molar-refractivity contribution < 1.29 is 17.5 Å². The molecule has 0 aliphatic carbocycles. The highest BCUT2D eigenvalue weighted by Crippen LogP contribution is 2.18. The number of hydrogen-bond acceptors (Lipinski definition) is 4. The molecule has 4 nitrogen and oxygen atoms in total. The van der Waals surface area contributed by atoms with Gasteiger partial charge >= 0.3 is 0 Å². The van der Waals surface area contributed by atoms with E-state index in [0.717, 1.165) is 0 Å². The van der Waals surface area contributed by atoms with Gasteiger partial charge in [0.25, 0.3) is 0 Å². The molecule has 0 amide bonds. The highest BCUT2D eigenvalue weighted by molar-refractivity contribution is 7.91. The molecule has 0 unspecified atom stereocenters. The smallest absolute Gasteiger partial charge is 0.178 e. The Morgan fingerprint density at radius 3 is 2.47 bits per heavy atom. The number of sulfone groups is 1. The van der Waals surface area contributed by atoms with Crippen LogP contribution in [0.25, 0.3) is 0 Å². The topological polar surface area (TPSA) is 69.4 Å². The number of rotatable bonds is 7. The zero-order chi connectivity index (χ0) is 14.3. The summed E-state index contributed by atoms with van der Waals surface area (Å²) < 4.78 is 41.1. The first kappa shape index (κ1) is 15.7. The highest BCUT2D eigenvalue weighted by atomic mass is 32.2. The molecule has 0 radical (unpaired) electrons. The first-order valence-corrected chi connectivity index (χ1v) is 7.62. The molecule has 0 fully saturated rings. The Morgan fingerprint density at radius 1 is 1.37 bits per heavy atom. The van der Waals surface area contributed by atoms with Crippen LogP contribution in [-0.4, -0.2) is 27.3 Å². The van der Waals surface area contributed by atoms with Crippen LogP contribution in [0.2, 0.25) is 0 Å². The lowest BCUT2D eigenvalue weighted by molar-refractivity contribution is 0.347. The van der Waals surface area contributed by atoms with Crippen molar-refractivity contribution >= 4 is 9.84 Å². The van der Waals surface area contributed by atoms with Crippen LogP contribution >= 0.6 is 0 Å². The number of halogens is 1. The fourth-order valence-corrected chi connectivity index (χ4v) is 2.76. The van der Waals surface area contributed by atoms with Gasteiger partial charge in [-0.15, -0.1) is 0 Å². The largest absolute Gasteiger partial charge is 0.489 e. The third-order valence-electron chi connectivity index (χ3n) is 2.50. The van der Waals surface area contributed by atoms with Gasteiger partial charge in [0.05, 0.1) is 17.0 Å². The molecule has 0 aliphatic heterocycles. The molecule has 0 saturated heterocycles. The number of nitrogens with two attached hydrogens (primary N) is 1. The first-order chi connectivity index (χ1) is 9.03. The van der Waals surface area contributed by atoms with E-state index in [1.165, 1.54) is 12.1 Å². The lowest BCUT2D eigenvalue weighted by atomic mass is 10.3. The van der Waals surface area contributed by atoms with Crippen molar-refractivity contribution in [2.24, 2.45) is 5.73 Å². The second-order valence-corrected chi connectivity index (χ2v) is 6.16. The Balaban J connectivity index is 2.72. The summed E-state index contributed by atoms with van der Waals surface area (Å²) in [5, 5.41) is 0. The molecule has 0 saturated carbocycles. The van der Waals surface area contributed by atoms with E-state index < -0.39 is 9.84 Å². The van der Waals surface area contributed by atoms with Crippen LogP contribution in [0.4, 0.5) is 4.39 Å². The van der Waals surface area contributed by atoms with Crippen molar-refractivity contribution in [3.05, 3.63) is 36.2 Å². The van der Waals surface area contributed by atoms with Crippen molar-refractivity contribution in [3.8, 4) is 5.75 Å². The van der Waals surface area contributed by atoms with Gasteiger partial charge in [0.15, 0.2) is 9.84 Å². The van der Waals surface area contributed by atoms with Crippen molar-refractivity contribution in [3.63, 3.8) is 0 Å². The summed E-state index contributed by atoms with van der Waals surface area (Å²) in [5.74, 6) is 0.595. The third kappa shape index (κ3) is 4.65. The average Bonchev–Trinajstić information content (AvgIpc) is 2.40. The monoisotopic (exact) mass is 287 g/mol. The zero-order valence-corrected chi connectivity index (χ0v) is 11.6. The van der Waals surface area contributed by atoms with E-state index in [1.807, 2.05) is 6.92 Å². The van der Waals surface area contributed by atoms with Crippen LogP contribution in [0, 0.1) is 0 Å². The van der Waals surface area contributed by atoms with Gasteiger partial charge < -0.3 is 10.5 Å². The number of benzene rings is 1. The lowest BCUT2D eigenvalue weighted by Crippen LogP contribution is -2.11. The van der Waals surface area contributed by atoms with E-state index in [-0.39, 0.29) is 23.8 Å². The zero-order valence-electron chi connectivity index (χ0n) is 10.8. The van der Waals surface area contributed by atoms with Gasteiger partial charge in [0, 0.05) is 12.1 Å².